The molecular formula is C12H11ClO2. The summed E-state index contributed by atoms with van der Waals surface area (Å²) in [6.45, 7) is 5.84. The molecule has 1 aromatic carbocycles. The summed E-state index contributed by atoms with van der Waals surface area (Å²) in [6, 6.07) is 3.87. The van der Waals surface area contributed by atoms with E-state index in [4.69, 9.17) is 16.0 Å². The molecule has 0 aliphatic carbocycles. The van der Waals surface area contributed by atoms with Crippen molar-refractivity contribution in [2.75, 3.05) is 0 Å². The molecular weight excluding hydrogens is 212 g/mol. The largest absolute Gasteiger partial charge is 0.422 e. The van der Waals surface area contributed by atoms with Crippen molar-refractivity contribution in [3.05, 3.63) is 44.3 Å². The van der Waals surface area contributed by atoms with Crippen molar-refractivity contribution in [3.8, 4) is 0 Å². The minimum atomic E-state index is -0.468. The highest BCUT2D eigenvalue weighted by molar-refractivity contribution is 6.31. The highest BCUT2D eigenvalue weighted by Gasteiger charge is 2.09. The van der Waals surface area contributed by atoms with Crippen LogP contribution in [-0.2, 0) is 0 Å². The molecule has 0 unspecified atom stereocenters. The van der Waals surface area contributed by atoms with Crippen molar-refractivity contribution in [3.63, 3.8) is 0 Å². The van der Waals surface area contributed by atoms with Gasteiger partial charge in [-0.3, -0.25) is 0 Å². The summed E-state index contributed by atoms with van der Waals surface area (Å²) in [7, 11) is 0. The summed E-state index contributed by atoms with van der Waals surface area (Å²) in [5.41, 5.74) is 3.18. The molecule has 15 heavy (non-hydrogen) atoms. The Labute approximate surface area is 92.5 Å². The lowest BCUT2D eigenvalue weighted by Crippen LogP contribution is -2.02. The lowest BCUT2D eigenvalue weighted by molar-refractivity contribution is 0.560. The molecule has 0 atom stereocenters. The monoisotopic (exact) mass is 222 g/mol. The maximum atomic E-state index is 11.4. The third kappa shape index (κ3) is 1.55. The molecule has 3 heteroatoms. The predicted molar refractivity (Wildman–Crippen MR) is 61.7 cm³/mol. The van der Waals surface area contributed by atoms with E-state index < -0.39 is 5.63 Å². The molecule has 2 nitrogen and oxygen atoms in total. The molecule has 0 bridgehead atoms. The van der Waals surface area contributed by atoms with Crippen molar-refractivity contribution in [1.29, 1.82) is 0 Å². The van der Waals surface area contributed by atoms with E-state index in [9.17, 15) is 4.79 Å². The van der Waals surface area contributed by atoms with Crippen LogP contribution in [0, 0.1) is 20.8 Å². The zero-order valence-electron chi connectivity index (χ0n) is 8.85. The number of fused-ring (bicyclic) bond motifs is 1. The molecule has 2 aromatic rings. The summed E-state index contributed by atoms with van der Waals surface area (Å²) in [5.74, 6) is 0. The van der Waals surface area contributed by atoms with Gasteiger partial charge in [0, 0.05) is 5.39 Å². The minimum Gasteiger partial charge on any atom is -0.422 e. The topological polar surface area (TPSA) is 30.2 Å². The van der Waals surface area contributed by atoms with Crippen LogP contribution >= 0.6 is 11.6 Å². The Kier molecular flexibility index (Phi) is 2.31. The lowest BCUT2D eigenvalue weighted by Gasteiger charge is -2.06. The van der Waals surface area contributed by atoms with Gasteiger partial charge in [0.15, 0.2) is 0 Å². The Morgan fingerprint density at radius 3 is 2.40 bits per heavy atom. The fourth-order valence-corrected chi connectivity index (χ4v) is 1.72. The highest BCUT2D eigenvalue weighted by atomic mass is 35.5. The van der Waals surface area contributed by atoms with Gasteiger partial charge in [0.1, 0.15) is 10.6 Å². The van der Waals surface area contributed by atoms with Gasteiger partial charge in [0.25, 0.3) is 0 Å². The molecule has 78 valence electrons. The van der Waals surface area contributed by atoms with E-state index in [1.165, 1.54) is 0 Å². The van der Waals surface area contributed by atoms with E-state index in [0.717, 1.165) is 22.1 Å². The molecule has 2 rings (SSSR count). The number of benzene rings is 1. The first-order chi connectivity index (χ1) is 7.00. The van der Waals surface area contributed by atoms with Crippen LogP contribution in [0.3, 0.4) is 0 Å². The molecule has 1 heterocycles. The Balaban J connectivity index is 3.00. The van der Waals surface area contributed by atoms with E-state index in [0.29, 0.717) is 5.58 Å². The van der Waals surface area contributed by atoms with Gasteiger partial charge in [0.05, 0.1) is 0 Å². The predicted octanol–water partition coefficient (Wildman–Crippen LogP) is 3.37. The van der Waals surface area contributed by atoms with Gasteiger partial charge in [-0.2, -0.15) is 0 Å². The average molecular weight is 223 g/mol. The molecule has 0 N–H and O–H groups in total. The minimum absolute atomic E-state index is 0.172. The van der Waals surface area contributed by atoms with Crippen LogP contribution in [0.25, 0.3) is 11.0 Å². The van der Waals surface area contributed by atoms with Gasteiger partial charge in [-0.15, -0.1) is 0 Å². The number of aryl methyl sites for hydroxylation is 3. The zero-order valence-corrected chi connectivity index (χ0v) is 9.61. The van der Waals surface area contributed by atoms with Crippen LogP contribution in [0.1, 0.15) is 16.7 Å². The van der Waals surface area contributed by atoms with Crippen LogP contribution in [0.15, 0.2) is 21.3 Å². The van der Waals surface area contributed by atoms with Crippen LogP contribution < -0.4 is 5.63 Å². The maximum absolute atomic E-state index is 11.4. The number of hydrogen-bond donors (Lipinski definition) is 0. The third-order valence-corrected chi connectivity index (χ3v) is 3.15. The van der Waals surface area contributed by atoms with Crippen molar-refractivity contribution in [1.82, 2.24) is 0 Å². The second kappa shape index (κ2) is 3.38. The van der Waals surface area contributed by atoms with Gasteiger partial charge < -0.3 is 4.42 Å². The molecule has 0 aliphatic heterocycles. The van der Waals surface area contributed by atoms with Crippen LogP contribution in [0.4, 0.5) is 0 Å². The van der Waals surface area contributed by atoms with E-state index in [1.54, 1.807) is 0 Å². The number of rotatable bonds is 0. The maximum Gasteiger partial charge on any atom is 0.355 e. The van der Waals surface area contributed by atoms with Gasteiger partial charge >= 0.3 is 5.63 Å². The first kappa shape index (κ1) is 10.2. The molecule has 0 aliphatic rings. The van der Waals surface area contributed by atoms with E-state index in [1.807, 2.05) is 32.9 Å². The van der Waals surface area contributed by atoms with Crippen molar-refractivity contribution >= 4 is 22.6 Å². The number of halogens is 1. The fourth-order valence-electron chi connectivity index (χ4n) is 1.58. The third-order valence-electron chi connectivity index (χ3n) is 2.71. The standard InChI is InChI=1S/C12H11ClO2/c1-6-4-9-8(3)11(13)12(14)15-10(9)5-7(6)2/h4-5H,1-3H3. The molecule has 0 spiro atoms. The summed E-state index contributed by atoms with van der Waals surface area (Å²) < 4.78 is 5.12. The normalized spacial score (nSPS) is 10.9. The molecule has 0 amide bonds. The van der Waals surface area contributed by atoms with E-state index in [-0.39, 0.29) is 5.02 Å². The second-order valence-electron chi connectivity index (χ2n) is 3.76. The highest BCUT2D eigenvalue weighted by Crippen LogP contribution is 2.24. The molecule has 0 fully saturated rings. The number of hydrogen-bond acceptors (Lipinski definition) is 2. The fraction of sp³-hybridized carbons (Fsp3) is 0.250. The van der Waals surface area contributed by atoms with E-state index >= 15 is 0 Å². The first-order valence-corrected chi connectivity index (χ1v) is 5.08. The summed E-state index contributed by atoms with van der Waals surface area (Å²) in [5, 5.41) is 1.08. The Morgan fingerprint density at radius 2 is 1.73 bits per heavy atom. The molecule has 0 saturated heterocycles. The molecule has 0 saturated carbocycles. The Hall–Kier alpha value is -1.28. The Morgan fingerprint density at radius 1 is 1.13 bits per heavy atom. The quantitative estimate of drug-likeness (QED) is 0.640. The van der Waals surface area contributed by atoms with Gasteiger partial charge in [-0.05, 0) is 49.6 Å². The average Bonchev–Trinajstić information content (AvgIpc) is 2.19. The lowest BCUT2D eigenvalue weighted by atomic mass is 10.0. The van der Waals surface area contributed by atoms with Gasteiger partial charge in [-0.1, -0.05) is 11.6 Å². The summed E-state index contributed by atoms with van der Waals surface area (Å²) >= 11 is 5.84. The first-order valence-electron chi connectivity index (χ1n) is 4.71. The smallest absolute Gasteiger partial charge is 0.355 e. The van der Waals surface area contributed by atoms with Crippen molar-refractivity contribution < 1.29 is 4.42 Å². The van der Waals surface area contributed by atoms with Crippen LogP contribution in [-0.4, -0.2) is 0 Å². The SMILES string of the molecule is Cc1cc2oc(=O)c(Cl)c(C)c2cc1C. The summed E-state index contributed by atoms with van der Waals surface area (Å²) in [6.07, 6.45) is 0. The van der Waals surface area contributed by atoms with Crippen molar-refractivity contribution in [2.45, 2.75) is 20.8 Å². The van der Waals surface area contributed by atoms with Crippen LogP contribution in [0.2, 0.25) is 5.02 Å². The van der Waals surface area contributed by atoms with E-state index in [2.05, 4.69) is 0 Å². The second-order valence-corrected chi connectivity index (χ2v) is 4.14. The van der Waals surface area contributed by atoms with Gasteiger partial charge in [0.2, 0.25) is 0 Å². The molecule has 1 aromatic heterocycles. The molecule has 0 radical (unpaired) electrons. The van der Waals surface area contributed by atoms with Gasteiger partial charge in [-0.25, -0.2) is 4.79 Å². The van der Waals surface area contributed by atoms with Crippen LogP contribution in [0.5, 0.6) is 0 Å². The summed E-state index contributed by atoms with van der Waals surface area (Å²) in [4.78, 5) is 11.4. The van der Waals surface area contributed by atoms with Crippen molar-refractivity contribution in [2.24, 2.45) is 0 Å². The Bertz CT molecular complexity index is 597. The zero-order chi connectivity index (χ0) is 11.2.